The van der Waals surface area contributed by atoms with Crippen molar-refractivity contribution in [3.05, 3.63) is 35.9 Å². The van der Waals surface area contributed by atoms with Crippen LogP contribution in [-0.2, 0) is 11.3 Å². The highest BCUT2D eigenvalue weighted by molar-refractivity contribution is 5.13. The number of benzene rings is 1. The van der Waals surface area contributed by atoms with Gasteiger partial charge in [0.25, 0.3) is 0 Å². The molecule has 0 fully saturated rings. The fourth-order valence-electron chi connectivity index (χ4n) is 0.899. The summed E-state index contributed by atoms with van der Waals surface area (Å²) in [7, 11) is 1.57. The van der Waals surface area contributed by atoms with Crippen molar-refractivity contribution in [2.24, 2.45) is 0 Å². The van der Waals surface area contributed by atoms with Gasteiger partial charge in [-0.05, 0) is 12.5 Å². The van der Waals surface area contributed by atoms with Crippen LogP contribution in [0.1, 0.15) is 12.5 Å². The lowest BCUT2D eigenvalue weighted by molar-refractivity contribution is -0.196. The second kappa shape index (κ2) is 4.97. The first-order valence-corrected chi connectivity index (χ1v) is 4.27. The monoisotopic (exact) mass is 181 g/mol. The third kappa shape index (κ3) is 3.55. The summed E-state index contributed by atoms with van der Waals surface area (Å²) in [6.07, 6.45) is -0.278. The van der Waals surface area contributed by atoms with E-state index in [1.54, 1.807) is 14.0 Å². The second-order valence-corrected chi connectivity index (χ2v) is 2.97. The van der Waals surface area contributed by atoms with Crippen molar-refractivity contribution in [1.29, 1.82) is 0 Å². The van der Waals surface area contributed by atoms with Crippen molar-refractivity contribution in [3.8, 4) is 0 Å². The van der Waals surface area contributed by atoms with E-state index in [-0.39, 0.29) is 6.23 Å². The zero-order chi connectivity index (χ0) is 9.68. The van der Waals surface area contributed by atoms with Gasteiger partial charge in [0.1, 0.15) is 6.23 Å². The molecule has 0 bridgehead atoms. The van der Waals surface area contributed by atoms with Gasteiger partial charge in [-0.2, -0.15) is 5.06 Å². The molecule has 0 aliphatic heterocycles. The second-order valence-electron chi connectivity index (χ2n) is 2.97. The molecule has 0 aromatic heterocycles. The van der Waals surface area contributed by atoms with Crippen LogP contribution in [0.15, 0.2) is 30.3 Å². The summed E-state index contributed by atoms with van der Waals surface area (Å²) in [5.74, 6) is 0. The van der Waals surface area contributed by atoms with Crippen LogP contribution >= 0.6 is 0 Å². The van der Waals surface area contributed by atoms with Crippen LogP contribution in [0, 0.1) is 0 Å². The van der Waals surface area contributed by atoms with E-state index in [1.165, 1.54) is 0 Å². The summed E-state index contributed by atoms with van der Waals surface area (Å²) >= 11 is 0. The van der Waals surface area contributed by atoms with Crippen LogP contribution in [0.3, 0.4) is 0 Å². The Kier molecular flexibility index (Phi) is 3.89. The molecule has 1 aromatic carbocycles. The Morgan fingerprint density at radius 1 is 1.38 bits per heavy atom. The van der Waals surface area contributed by atoms with E-state index < -0.39 is 0 Å². The maximum Gasteiger partial charge on any atom is 0.130 e. The summed E-state index contributed by atoms with van der Waals surface area (Å²) in [5.41, 5.74) is 1.11. The highest BCUT2D eigenvalue weighted by Crippen LogP contribution is 2.03. The zero-order valence-corrected chi connectivity index (χ0v) is 7.97. The average molecular weight is 181 g/mol. The van der Waals surface area contributed by atoms with Crippen molar-refractivity contribution in [3.63, 3.8) is 0 Å². The summed E-state index contributed by atoms with van der Waals surface area (Å²) < 4.78 is 5.37. The predicted molar refractivity (Wildman–Crippen MR) is 50.2 cm³/mol. The van der Waals surface area contributed by atoms with Crippen molar-refractivity contribution in [1.82, 2.24) is 5.06 Å². The lowest BCUT2D eigenvalue weighted by atomic mass is 10.2. The fraction of sp³-hybridized carbons (Fsp3) is 0.400. The van der Waals surface area contributed by atoms with Crippen LogP contribution in [0.4, 0.5) is 0 Å². The van der Waals surface area contributed by atoms with E-state index in [1.807, 2.05) is 30.3 Å². The SMILES string of the molecule is CC(OCc1ccccc1)N(C)O. The zero-order valence-electron chi connectivity index (χ0n) is 7.97. The molecule has 3 heteroatoms. The van der Waals surface area contributed by atoms with E-state index in [4.69, 9.17) is 9.94 Å². The molecule has 13 heavy (non-hydrogen) atoms. The molecular formula is C10H15NO2. The maximum atomic E-state index is 9.01. The van der Waals surface area contributed by atoms with Crippen LogP contribution < -0.4 is 0 Å². The Morgan fingerprint density at radius 3 is 2.54 bits per heavy atom. The van der Waals surface area contributed by atoms with Gasteiger partial charge in [-0.15, -0.1) is 0 Å². The van der Waals surface area contributed by atoms with Crippen molar-refractivity contribution in [2.45, 2.75) is 19.8 Å². The molecule has 0 aliphatic rings. The van der Waals surface area contributed by atoms with E-state index in [9.17, 15) is 0 Å². The summed E-state index contributed by atoms with van der Waals surface area (Å²) in [6.45, 7) is 2.32. The molecule has 0 radical (unpaired) electrons. The summed E-state index contributed by atoms with van der Waals surface area (Å²) in [4.78, 5) is 0. The standard InChI is InChI=1S/C10H15NO2/c1-9(11(2)12)13-8-10-6-4-3-5-7-10/h3-7,9,12H,8H2,1-2H3. The van der Waals surface area contributed by atoms with Crippen molar-refractivity contribution >= 4 is 0 Å². The molecule has 0 saturated heterocycles. The van der Waals surface area contributed by atoms with Crippen LogP contribution in [0.2, 0.25) is 0 Å². The van der Waals surface area contributed by atoms with Gasteiger partial charge < -0.3 is 9.94 Å². The highest BCUT2D eigenvalue weighted by atomic mass is 16.6. The smallest absolute Gasteiger partial charge is 0.130 e. The Labute approximate surface area is 78.5 Å². The normalized spacial score (nSPS) is 13.2. The summed E-state index contributed by atoms with van der Waals surface area (Å²) in [5, 5.41) is 10.1. The molecule has 1 rings (SSSR count). The number of hydroxylamine groups is 2. The lowest BCUT2D eigenvalue weighted by Crippen LogP contribution is -2.27. The fourth-order valence-corrected chi connectivity index (χ4v) is 0.899. The molecule has 1 aromatic rings. The Bertz CT molecular complexity index is 236. The Morgan fingerprint density at radius 2 is 2.00 bits per heavy atom. The first-order valence-electron chi connectivity index (χ1n) is 4.27. The molecule has 0 heterocycles. The molecule has 0 aliphatic carbocycles. The van der Waals surface area contributed by atoms with Gasteiger partial charge in [0.2, 0.25) is 0 Å². The van der Waals surface area contributed by atoms with Gasteiger partial charge in [-0.1, -0.05) is 30.3 Å². The van der Waals surface area contributed by atoms with Crippen molar-refractivity contribution in [2.75, 3.05) is 7.05 Å². The molecular weight excluding hydrogens is 166 g/mol. The Hall–Kier alpha value is -0.900. The topological polar surface area (TPSA) is 32.7 Å². The molecule has 1 atom stereocenters. The number of hydrogen-bond donors (Lipinski definition) is 1. The minimum absolute atomic E-state index is 0.278. The largest absolute Gasteiger partial charge is 0.357 e. The molecule has 0 spiro atoms. The van der Waals surface area contributed by atoms with Gasteiger partial charge in [0, 0.05) is 7.05 Å². The molecule has 1 N–H and O–H groups in total. The van der Waals surface area contributed by atoms with E-state index in [0.29, 0.717) is 6.61 Å². The predicted octanol–water partition coefficient (Wildman–Crippen LogP) is 1.87. The van der Waals surface area contributed by atoms with Crippen LogP contribution in [-0.4, -0.2) is 23.5 Å². The van der Waals surface area contributed by atoms with Gasteiger partial charge >= 0.3 is 0 Å². The van der Waals surface area contributed by atoms with Gasteiger partial charge in [0.05, 0.1) is 6.61 Å². The number of rotatable bonds is 4. The third-order valence-electron chi connectivity index (χ3n) is 1.86. The number of nitrogens with zero attached hydrogens (tertiary/aromatic N) is 1. The van der Waals surface area contributed by atoms with Gasteiger partial charge in [-0.3, -0.25) is 0 Å². The lowest BCUT2D eigenvalue weighted by Gasteiger charge is -2.18. The van der Waals surface area contributed by atoms with Crippen LogP contribution in [0.25, 0.3) is 0 Å². The first kappa shape index (κ1) is 10.2. The van der Waals surface area contributed by atoms with Gasteiger partial charge in [0.15, 0.2) is 0 Å². The molecule has 72 valence electrons. The summed E-state index contributed by atoms with van der Waals surface area (Å²) in [6, 6.07) is 9.87. The molecule has 1 unspecified atom stereocenters. The van der Waals surface area contributed by atoms with Crippen LogP contribution in [0.5, 0.6) is 0 Å². The molecule has 0 saturated carbocycles. The highest BCUT2D eigenvalue weighted by Gasteiger charge is 2.05. The minimum Gasteiger partial charge on any atom is -0.357 e. The number of ether oxygens (including phenoxy) is 1. The quantitative estimate of drug-likeness (QED) is 0.568. The molecule has 3 nitrogen and oxygen atoms in total. The van der Waals surface area contributed by atoms with E-state index >= 15 is 0 Å². The Balaban J connectivity index is 2.35. The maximum absolute atomic E-state index is 9.01. The van der Waals surface area contributed by atoms with E-state index in [0.717, 1.165) is 10.6 Å². The van der Waals surface area contributed by atoms with Gasteiger partial charge in [-0.25, -0.2) is 0 Å². The van der Waals surface area contributed by atoms with Crippen molar-refractivity contribution < 1.29 is 9.94 Å². The minimum atomic E-state index is -0.278. The third-order valence-corrected chi connectivity index (χ3v) is 1.86. The molecule has 0 amide bonds. The number of hydrogen-bond acceptors (Lipinski definition) is 3. The van der Waals surface area contributed by atoms with E-state index in [2.05, 4.69) is 0 Å². The average Bonchev–Trinajstić information content (AvgIpc) is 2.15. The first-order chi connectivity index (χ1) is 6.20.